The number of aryl methyl sites for hydroxylation is 2. The van der Waals surface area contributed by atoms with Crippen molar-refractivity contribution in [2.75, 3.05) is 0 Å². The number of carbonyl (C=O) groups excluding carboxylic acids is 1. The highest BCUT2D eigenvalue weighted by Gasteiger charge is 2.28. The maximum atomic E-state index is 13.4. The molecule has 3 aromatic carbocycles. The van der Waals surface area contributed by atoms with E-state index in [9.17, 15) is 13.2 Å². The van der Waals surface area contributed by atoms with Crippen LogP contribution < -0.4 is 4.72 Å². The van der Waals surface area contributed by atoms with Crippen molar-refractivity contribution >= 4 is 15.8 Å². The van der Waals surface area contributed by atoms with Crippen LogP contribution in [0.25, 0.3) is 0 Å². The number of rotatable bonds is 8. The first-order valence-electron chi connectivity index (χ1n) is 10.3. The minimum atomic E-state index is -3.86. The van der Waals surface area contributed by atoms with E-state index >= 15 is 0 Å². The van der Waals surface area contributed by atoms with Gasteiger partial charge >= 0.3 is 0 Å². The molecule has 0 amide bonds. The van der Waals surface area contributed by atoms with Gasteiger partial charge in [0.05, 0.1) is 10.9 Å². The fraction of sp³-hybridized carbons (Fsp3) is 0.192. The van der Waals surface area contributed by atoms with Crippen molar-refractivity contribution in [3.63, 3.8) is 0 Å². The molecule has 5 heteroatoms. The van der Waals surface area contributed by atoms with Gasteiger partial charge in [-0.2, -0.15) is 4.72 Å². The Morgan fingerprint density at radius 1 is 0.871 bits per heavy atom. The summed E-state index contributed by atoms with van der Waals surface area (Å²) in [6.07, 6.45) is 2.40. The summed E-state index contributed by atoms with van der Waals surface area (Å²) in [4.78, 5) is 13.5. The lowest BCUT2D eigenvalue weighted by molar-refractivity contribution is 0.102. The van der Waals surface area contributed by atoms with Crippen LogP contribution in [0.4, 0.5) is 0 Å². The molecule has 1 unspecified atom stereocenters. The molecule has 1 atom stereocenters. The van der Waals surface area contributed by atoms with Gasteiger partial charge in [-0.25, -0.2) is 8.42 Å². The summed E-state index contributed by atoms with van der Waals surface area (Å²) in [7, 11) is -3.86. The normalized spacial score (nSPS) is 13.1. The Hall–Kier alpha value is -3.02. The molecule has 3 rings (SSSR count). The fourth-order valence-electron chi connectivity index (χ4n) is 3.33. The molecule has 0 heterocycles. The Kier molecular flexibility index (Phi) is 7.21. The van der Waals surface area contributed by atoms with Crippen LogP contribution in [0.1, 0.15) is 46.4 Å². The van der Waals surface area contributed by atoms with Crippen LogP contribution in [-0.4, -0.2) is 14.2 Å². The van der Waals surface area contributed by atoms with Crippen molar-refractivity contribution < 1.29 is 13.2 Å². The predicted molar refractivity (Wildman–Crippen MR) is 125 cm³/mol. The van der Waals surface area contributed by atoms with Gasteiger partial charge in [0.1, 0.15) is 0 Å². The summed E-state index contributed by atoms with van der Waals surface area (Å²) in [6, 6.07) is 22.3. The highest BCUT2D eigenvalue weighted by molar-refractivity contribution is 7.89. The molecule has 0 aromatic heterocycles. The van der Waals surface area contributed by atoms with E-state index in [0.29, 0.717) is 23.1 Å². The second kappa shape index (κ2) is 9.86. The fourth-order valence-corrected chi connectivity index (χ4v) is 4.53. The average molecular weight is 434 g/mol. The van der Waals surface area contributed by atoms with Gasteiger partial charge in [0, 0.05) is 11.1 Å². The summed E-state index contributed by atoms with van der Waals surface area (Å²) < 4.78 is 29.2. The smallest absolute Gasteiger partial charge is 0.241 e. The van der Waals surface area contributed by atoms with Gasteiger partial charge in [0.25, 0.3) is 0 Å². The maximum absolute atomic E-state index is 13.4. The van der Waals surface area contributed by atoms with Crippen molar-refractivity contribution in [3.05, 3.63) is 113 Å². The zero-order valence-corrected chi connectivity index (χ0v) is 18.8. The Balaban J connectivity index is 2.08. The zero-order chi connectivity index (χ0) is 22.4. The molecule has 0 saturated heterocycles. The highest BCUT2D eigenvalue weighted by Crippen LogP contribution is 2.28. The summed E-state index contributed by atoms with van der Waals surface area (Å²) in [5.41, 5.74) is 3.67. The van der Waals surface area contributed by atoms with Crippen LogP contribution in [0, 0.1) is 13.8 Å². The number of Topliss-reactive ketones (excluding diaryl/α,β-unsaturated/α-hetero) is 1. The molecule has 160 valence electrons. The number of sulfonamides is 1. The van der Waals surface area contributed by atoms with Crippen LogP contribution in [0.5, 0.6) is 0 Å². The van der Waals surface area contributed by atoms with E-state index in [1.54, 1.807) is 54.6 Å². The van der Waals surface area contributed by atoms with Gasteiger partial charge < -0.3 is 0 Å². The van der Waals surface area contributed by atoms with Crippen LogP contribution in [0.3, 0.4) is 0 Å². The number of hydrogen-bond donors (Lipinski definition) is 1. The lowest BCUT2D eigenvalue weighted by Crippen LogP contribution is -2.32. The van der Waals surface area contributed by atoms with E-state index < -0.39 is 16.1 Å². The van der Waals surface area contributed by atoms with E-state index in [-0.39, 0.29) is 10.7 Å². The quantitative estimate of drug-likeness (QED) is 0.375. The molecular weight excluding hydrogens is 406 g/mol. The first-order chi connectivity index (χ1) is 14.8. The number of hydrogen-bond acceptors (Lipinski definition) is 3. The molecule has 0 fully saturated rings. The molecule has 31 heavy (non-hydrogen) atoms. The van der Waals surface area contributed by atoms with Crippen molar-refractivity contribution in [2.45, 2.75) is 38.1 Å². The molecule has 0 aliphatic carbocycles. The Bertz CT molecular complexity index is 1160. The molecule has 0 bridgehead atoms. The third-order valence-corrected chi connectivity index (χ3v) is 6.49. The van der Waals surface area contributed by atoms with Gasteiger partial charge in [0.15, 0.2) is 5.78 Å². The zero-order valence-electron chi connectivity index (χ0n) is 18.0. The Morgan fingerprint density at radius 3 is 1.97 bits per heavy atom. The molecule has 0 aliphatic rings. The minimum absolute atomic E-state index is 0.165. The van der Waals surface area contributed by atoms with E-state index in [2.05, 4.69) is 4.72 Å². The number of benzene rings is 3. The second-order valence-corrected chi connectivity index (χ2v) is 9.25. The van der Waals surface area contributed by atoms with E-state index in [1.165, 1.54) is 0 Å². The molecule has 1 N–H and O–H groups in total. The van der Waals surface area contributed by atoms with Crippen LogP contribution in [0.15, 0.2) is 95.4 Å². The molecule has 4 nitrogen and oxygen atoms in total. The topological polar surface area (TPSA) is 63.2 Å². The maximum Gasteiger partial charge on any atom is 0.241 e. The van der Waals surface area contributed by atoms with Gasteiger partial charge in [-0.3, -0.25) is 4.79 Å². The Labute approximate surface area is 184 Å². The van der Waals surface area contributed by atoms with Crippen molar-refractivity contribution in [2.24, 2.45) is 0 Å². The number of allylic oxidation sites excluding steroid dienone is 1. The highest BCUT2D eigenvalue weighted by atomic mass is 32.2. The second-order valence-electron chi connectivity index (χ2n) is 7.54. The number of ketones is 1. The van der Waals surface area contributed by atoms with E-state index in [4.69, 9.17) is 0 Å². The van der Waals surface area contributed by atoms with Crippen LogP contribution >= 0.6 is 0 Å². The van der Waals surface area contributed by atoms with Gasteiger partial charge in [-0.15, -0.1) is 0 Å². The molecule has 0 spiro atoms. The Morgan fingerprint density at radius 2 is 1.42 bits per heavy atom. The number of carbonyl (C=O) groups is 1. The summed E-state index contributed by atoms with van der Waals surface area (Å²) >= 11 is 0. The standard InChI is InChI=1S/C26H27NO3S/c1-4-8-24(26(28)22-9-6-5-7-10-22)25(21-15-11-19(2)12-16-21)27-31(29,30)23-17-13-20(3)14-18-23/h5-18,25,27H,4H2,1-3H3/b24-8-. The van der Waals surface area contributed by atoms with Gasteiger partial charge in [-0.1, -0.05) is 90.9 Å². The lowest BCUT2D eigenvalue weighted by Gasteiger charge is -2.22. The molecule has 0 radical (unpaired) electrons. The SMILES string of the molecule is CC/C=C(\C(=O)c1ccccc1)C(NS(=O)(=O)c1ccc(C)cc1)c1ccc(C)cc1. The summed E-state index contributed by atoms with van der Waals surface area (Å²) in [5, 5.41) is 0. The summed E-state index contributed by atoms with van der Waals surface area (Å²) in [6.45, 7) is 5.80. The predicted octanol–water partition coefficient (Wildman–Crippen LogP) is 5.54. The lowest BCUT2D eigenvalue weighted by atomic mass is 9.91. The van der Waals surface area contributed by atoms with Crippen molar-refractivity contribution in [3.8, 4) is 0 Å². The van der Waals surface area contributed by atoms with Crippen LogP contribution in [-0.2, 0) is 10.0 Å². The third-order valence-electron chi connectivity index (χ3n) is 5.05. The van der Waals surface area contributed by atoms with Gasteiger partial charge in [-0.05, 0) is 38.0 Å². The molecule has 0 aliphatic heterocycles. The first kappa shape index (κ1) is 22.7. The van der Waals surface area contributed by atoms with E-state index in [0.717, 1.165) is 11.1 Å². The molecule has 0 saturated carbocycles. The van der Waals surface area contributed by atoms with Gasteiger partial charge in [0.2, 0.25) is 10.0 Å². The summed E-state index contributed by atoms with van der Waals surface area (Å²) in [5.74, 6) is -0.195. The third kappa shape index (κ3) is 5.57. The largest absolute Gasteiger partial charge is 0.289 e. The molecular formula is C26H27NO3S. The van der Waals surface area contributed by atoms with E-state index in [1.807, 2.05) is 51.1 Å². The van der Waals surface area contributed by atoms with Crippen molar-refractivity contribution in [1.29, 1.82) is 0 Å². The monoisotopic (exact) mass is 433 g/mol. The minimum Gasteiger partial charge on any atom is -0.289 e. The first-order valence-corrected chi connectivity index (χ1v) is 11.8. The molecule has 3 aromatic rings. The average Bonchev–Trinajstić information content (AvgIpc) is 2.77. The number of nitrogens with one attached hydrogen (secondary N) is 1. The van der Waals surface area contributed by atoms with Crippen LogP contribution in [0.2, 0.25) is 0 Å². The van der Waals surface area contributed by atoms with Crippen molar-refractivity contribution in [1.82, 2.24) is 4.72 Å².